The molecular formula is C13H19FN2. The highest BCUT2D eigenvalue weighted by Crippen LogP contribution is 2.19. The van der Waals surface area contributed by atoms with Gasteiger partial charge in [0, 0.05) is 18.6 Å². The maximum Gasteiger partial charge on any atom is 0.129 e. The molecule has 0 radical (unpaired) electrons. The van der Waals surface area contributed by atoms with Gasteiger partial charge in [0.05, 0.1) is 0 Å². The minimum atomic E-state index is -0.0885. The number of rotatable bonds is 3. The number of halogens is 1. The second-order valence-electron chi connectivity index (χ2n) is 4.85. The standard InChI is InChI=1S/C13H19FN2/c1-8-3-10(4-9(2)13(8)14)7-16-12-5-11(15)6-12/h3-4,11-12,16H,5-7,15H2,1-2H3. The van der Waals surface area contributed by atoms with Crippen LogP contribution in [0.5, 0.6) is 0 Å². The third-order valence-corrected chi connectivity index (χ3v) is 3.27. The van der Waals surface area contributed by atoms with Crippen LogP contribution in [0, 0.1) is 19.7 Å². The lowest BCUT2D eigenvalue weighted by Gasteiger charge is -2.33. The van der Waals surface area contributed by atoms with Crippen molar-refractivity contribution in [2.75, 3.05) is 0 Å². The fourth-order valence-electron chi connectivity index (χ4n) is 2.23. The van der Waals surface area contributed by atoms with E-state index in [2.05, 4.69) is 5.32 Å². The van der Waals surface area contributed by atoms with E-state index in [1.54, 1.807) is 0 Å². The molecule has 1 fully saturated rings. The zero-order chi connectivity index (χ0) is 11.7. The number of hydrogen-bond donors (Lipinski definition) is 2. The van der Waals surface area contributed by atoms with Gasteiger partial charge in [0.15, 0.2) is 0 Å². The highest BCUT2D eigenvalue weighted by atomic mass is 19.1. The van der Waals surface area contributed by atoms with Crippen LogP contribution in [0.25, 0.3) is 0 Å². The Morgan fingerprint density at radius 1 is 1.31 bits per heavy atom. The van der Waals surface area contributed by atoms with Crippen molar-refractivity contribution in [1.82, 2.24) is 5.32 Å². The predicted molar refractivity (Wildman–Crippen MR) is 63.7 cm³/mol. The Morgan fingerprint density at radius 2 is 1.88 bits per heavy atom. The van der Waals surface area contributed by atoms with Gasteiger partial charge in [0.2, 0.25) is 0 Å². The molecule has 1 aromatic carbocycles. The van der Waals surface area contributed by atoms with E-state index in [4.69, 9.17) is 5.73 Å². The van der Waals surface area contributed by atoms with E-state index < -0.39 is 0 Å². The molecule has 16 heavy (non-hydrogen) atoms. The van der Waals surface area contributed by atoms with Gasteiger partial charge in [-0.25, -0.2) is 4.39 Å². The van der Waals surface area contributed by atoms with Gasteiger partial charge in [0.25, 0.3) is 0 Å². The number of hydrogen-bond acceptors (Lipinski definition) is 2. The molecule has 1 aromatic rings. The highest BCUT2D eigenvalue weighted by Gasteiger charge is 2.24. The van der Waals surface area contributed by atoms with Crippen LogP contribution in [0.4, 0.5) is 4.39 Å². The summed E-state index contributed by atoms with van der Waals surface area (Å²) in [6.45, 7) is 4.43. The fourth-order valence-corrected chi connectivity index (χ4v) is 2.23. The summed E-state index contributed by atoms with van der Waals surface area (Å²) in [6, 6.07) is 4.73. The number of nitrogens with two attached hydrogens (primary N) is 1. The smallest absolute Gasteiger partial charge is 0.129 e. The van der Waals surface area contributed by atoms with Crippen molar-refractivity contribution in [2.24, 2.45) is 5.73 Å². The van der Waals surface area contributed by atoms with Crippen molar-refractivity contribution < 1.29 is 4.39 Å². The molecule has 0 amide bonds. The molecule has 0 bridgehead atoms. The number of benzene rings is 1. The van der Waals surface area contributed by atoms with E-state index in [0.29, 0.717) is 12.1 Å². The van der Waals surface area contributed by atoms with Crippen LogP contribution in [0.1, 0.15) is 29.5 Å². The maximum atomic E-state index is 13.4. The zero-order valence-corrected chi connectivity index (χ0v) is 9.89. The molecule has 0 heterocycles. The number of nitrogens with one attached hydrogen (secondary N) is 1. The summed E-state index contributed by atoms with van der Waals surface area (Å²) < 4.78 is 13.4. The highest BCUT2D eigenvalue weighted by molar-refractivity contribution is 5.30. The Bertz CT molecular complexity index is 361. The van der Waals surface area contributed by atoms with Gasteiger partial charge in [-0.15, -0.1) is 0 Å². The van der Waals surface area contributed by atoms with E-state index >= 15 is 0 Å². The van der Waals surface area contributed by atoms with E-state index in [-0.39, 0.29) is 5.82 Å². The van der Waals surface area contributed by atoms with Crippen molar-refractivity contribution >= 4 is 0 Å². The Labute approximate surface area is 96.0 Å². The second kappa shape index (κ2) is 4.52. The van der Waals surface area contributed by atoms with E-state index in [1.807, 2.05) is 26.0 Å². The third-order valence-electron chi connectivity index (χ3n) is 3.27. The molecule has 2 nitrogen and oxygen atoms in total. The van der Waals surface area contributed by atoms with Gasteiger partial charge < -0.3 is 11.1 Å². The van der Waals surface area contributed by atoms with Crippen molar-refractivity contribution in [1.29, 1.82) is 0 Å². The van der Waals surface area contributed by atoms with Crippen molar-refractivity contribution in [3.05, 3.63) is 34.6 Å². The molecule has 0 atom stereocenters. The molecule has 1 saturated carbocycles. The van der Waals surface area contributed by atoms with Crippen molar-refractivity contribution in [2.45, 2.75) is 45.3 Å². The van der Waals surface area contributed by atoms with Gasteiger partial charge in [-0.2, -0.15) is 0 Å². The first-order valence-corrected chi connectivity index (χ1v) is 5.81. The molecule has 1 aliphatic rings. The SMILES string of the molecule is Cc1cc(CNC2CC(N)C2)cc(C)c1F. The molecule has 0 unspecified atom stereocenters. The average Bonchev–Trinajstić information content (AvgIpc) is 2.19. The molecule has 0 aliphatic heterocycles. The van der Waals surface area contributed by atoms with Crippen LogP contribution in [-0.2, 0) is 6.54 Å². The third kappa shape index (κ3) is 2.42. The average molecular weight is 222 g/mol. The van der Waals surface area contributed by atoms with Gasteiger partial charge >= 0.3 is 0 Å². The minimum Gasteiger partial charge on any atom is -0.328 e. The van der Waals surface area contributed by atoms with Crippen LogP contribution in [-0.4, -0.2) is 12.1 Å². The molecule has 2 rings (SSSR count). The summed E-state index contributed by atoms with van der Waals surface area (Å²) in [7, 11) is 0. The summed E-state index contributed by atoms with van der Waals surface area (Å²) in [5.74, 6) is -0.0885. The van der Waals surface area contributed by atoms with E-state index in [1.165, 1.54) is 0 Å². The Kier molecular flexibility index (Phi) is 3.26. The molecule has 1 aliphatic carbocycles. The van der Waals surface area contributed by atoms with E-state index in [0.717, 1.165) is 36.1 Å². The molecule has 0 aromatic heterocycles. The first-order valence-electron chi connectivity index (χ1n) is 5.81. The Balaban J connectivity index is 1.94. The van der Waals surface area contributed by atoms with Crippen LogP contribution in [0.2, 0.25) is 0 Å². The summed E-state index contributed by atoms with van der Waals surface area (Å²) in [5, 5.41) is 3.44. The maximum absolute atomic E-state index is 13.4. The first kappa shape index (κ1) is 11.6. The zero-order valence-electron chi connectivity index (χ0n) is 9.89. The van der Waals surface area contributed by atoms with Crippen LogP contribution in [0.15, 0.2) is 12.1 Å². The van der Waals surface area contributed by atoms with Gasteiger partial charge in [0.1, 0.15) is 5.82 Å². The lowest BCUT2D eigenvalue weighted by Crippen LogP contribution is -2.48. The fraction of sp³-hybridized carbons (Fsp3) is 0.538. The molecule has 0 spiro atoms. The van der Waals surface area contributed by atoms with Gasteiger partial charge in [-0.05, 0) is 43.4 Å². The van der Waals surface area contributed by atoms with Crippen molar-refractivity contribution in [3.8, 4) is 0 Å². The largest absolute Gasteiger partial charge is 0.328 e. The van der Waals surface area contributed by atoms with Crippen LogP contribution < -0.4 is 11.1 Å². The molecule has 3 heteroatoms. The topological polar surface area (TPSA) is 38.0 Å². The predicted octanol–water partition coefficient (Wildman–Crippen LogP) is 2.02. The summed E-state index contributed by atoms with van der Waals surface area (Å²) in [5.41, 5.74) is 8.31. The monoisotopic (exact) mass is 222 g/mol. The molecular weight excluding hydrogens is 203 g/mol. The lowest BCUT2D eigenvalue weighted by molar-refractivity contribution is 0.291. The number of aryl methyl sites for hydroxylation is 2. The molecule has 0 saturated heterocycles. The van der Waals surface area contributed by atoms with Crippen molar-refractivity contribution in [3.63, 3.8) is 0 Å². The van der Waals surface area contributed by atoms with Gasteiger partial charge in [-0.3, -0.25) is 0 Å². The molecule has 88 valence electrons. The first-order chi connectivity index (χ1) is 7.56. The van der Waals surface area contributed by atoms with Crippen LogP contribution >= 0.6 is 0 Å². The normalized spacial score (nSPS) is 24.2. The summed E-state index contributed by atoms with van der Waals surface area (Å²) >= 11 is 0. The summed E-state index contributed by atoms with van der Waals surface area (Å²) in [6.07, 6.45) is 2.11. The minimum absolute atomic E-state index is 0.0885. The lowest BCUT2D eigenvalue weighted by atomic mass is 9.87. The molecule has 3 N–H and O–H groups in total. The van der Waals surface area contributed by atoms with E-state index in [9.17, 15) is 4.39 Å². The quantitative estimate of drug-likeness (QED) is 0.821. The second-order valence-corrected chi connectivity index (χ2v) is 4.85. The Morgan fingerprint density at radius 3 is 2.38 bits per heavy atom. The van der Waals surface area contributed by atoms with Gasteiger partial charge in [-0.1, -0.05) is 12.1 Å². The van der Waals surface area contributed by atoms with Crippen LogP contribution in [0.3, 0.4) is 0 Å². The Hall–Kier alpha value is -0.930. The summed E-state index contributed by atoms with van der Waals surface area (Å²) in [4.78, 5) is 0.